The first-order valence-corrected chi connectivity index (χ1v) is 4.91. The van der Waals surface area contributed by atoms with Crippen LogP contribution in [0.1, 0.15) is 18.4 Å². The molecule has 5 heteroatoms. The van der Waals surface area contributed by atoms with Crippen LogP contribution in [0, 0.1) is 0 Å². The van der Waals surface area contributed by atoms with Crippen molar-refractivity contribution in [2.24, 2.45) is 12.8 Å². The zero-order valence-corrected chi connectivity index (χ0v) is 9.14. The maximum absolute atomic E-state index is 10.9. The summed E-state index contributed by atoms with van der Waals surface area (Å²) in [6, 6.07) is -0.0201. The monoisotopic (exact) mass is 211 g/mol. The zero-order chi connectivity index (χ0) is 11.3. The van der Waals surface area contributed by atoms with E-state index in [0.717, 1.165) is 12.0 Å². The average molecular weight is 211 g/mol. The number of hydrogen-bond donors (Lipinski definition) is 1. The molecule has 0 fully saturated rings. The number of ether oxygens (including phenoxy) is 1. The molecule has 0 saturated carbocycles. The van der Waals surface area contributed by atoms with Gasteiger partial charge in [-0.3, -0.25) is 9.48 Å². The molecular formula is C10H17N3O2. The fourth-order valence-electron chi connectivity index (χ4n) is 1.39. The van der Waals surface area contributed by atoms with E-state index in [1.54, 1.807) is 10.9 Å². The van der Waals surface area contributed by atoms with E-state index < -0.39 is 0 Å². The van der Waals surface area contributed by atoms with Gasteiger partial charge in [0.1, 0.15) is 0 Å². The number of aryl methyl sites for hydroxylation is 1. The first kappa shape index (κ1) is 11.7. The van der Waals surface area contributed by atoms with Gasteiger partial charge >= 0.3 is 5.97 Å². The van der Waals surface area contributed by atoms with E-state index in [0.29, 0.717) is 12.8 Å². The van der Waals surface area contributed by atoms with E-state index in [2.05, 4.69) is 9.84 Å². The summed E-state index contributed by atoms with van der Waals surface area (Å²) in [6.45, 7) is 0. The van der Waals surface area contributed by atoms with E-state index >= 15 is 0 Å². The summed E-state index contributed by atoms with van der Waals surface area (Å²) in [5.41, 5.74) is 6.97. The number of carbonyl (C=O) groups is 1. The van der Waals surface area contributed by atoms with Crippen LogP contribution in [0.5, 0.6) is 0 Å². The van der Waals surface area contributed by atoms with Crippen molar-refractivity contribution in [1.82, 2.24) is 9.78 Å². The summed E-state index contributed by atoms with van der Waals surface area (Å²) < 4.78 is 6.28. The van der Waals surface area contributed by atoms with Gasteiger partial charge in [0.15, 0.2) is 0 Å². The lowest BCUT2D eigenvalue weighted by atomic mass is 10.1. The molecule has 0 spiro atoms. The largest absolute Gasteiger partial charge is 0.469 e. The Kier molecular flexibility index (Phi) is 4.30. The van der Waals surface area contributed by atoms with Gasteiger partial charge in [0.2, 0.25) is 0 Å². The molecule has 0 radical (unpaired) electrons. The molecule has 1 rings (SSSR count). The Hall–Kier alpha value is -1.36. The molecule has 5 nitrogen and oxygen atoms in total. The third kappa shape index (κ3) is 4.12. The number of esters is 1. The fourth-order valence-corrected chi connectivity index (χ4v) is 1.39. The van der Waals surface area contributed by atoms with Crippen molar-refractivity contribution in [3.63, 3.8) is 0 Å². The SMILES string of the molecule is COC(=O)CCC(N)Cc1cnn(C)c1. The van der Waals surface area contributed by atoms with E-state index in [1.165, 1.54) is 7.11 Å². The van der Waals surface area contributed by atoms with E-state index in [9.17, 15) is 4.79 Å². The van der Waals surface area contributed by atoms with Crippen LogP contribution >= 0.6 is 0 Å². The van der Waals surface area contributed by atoms with Crippen LogP contribution in [-0.4, -0.2) is 28.9 Å². The first-order valence-electron chi connectivity index (χ1n) is 4.91. The molecule has 15 heavy (non-hydrogen) atoms. The molecule has 84 valence electrons. The van der Waals surface area contributed by atoms with Crippen molar-refractivity contribution in [1.29, 1.82) is 0 Å². The molecule has 2 N–H and O–H groups in total. The maximum Gasteiger partial charge on any atom is 0.305 e. The number of nitrogens with zero attached hydrogens (tertiary/aromatic N) is 2. The maximum atomic E-state index is 10.9. The third-order valence-corrected chi connectivity index (χ3v) is 2.20. The minimum Gasteiger partial charge on any atom is -0.469 e. The molecule has 0 saturated heterocycles. The van der Waals surface area contributed by atoms with Crippen molar-refractivity contribution < 1.29 is 9.53 Å². The van der Waals surface area contributed by atoms with Gasteiger partial charge in [-0.2, -0.15) is 5.10 Å². The molecule has 0 aromatic carbocycles. The molecule has 0 bridgehead atoms. The number of methoxy groups -OCH3 is 1. The van der Waals surface area contributed by atoms with Crippen molar-refractivity contribution in [2.75, 3.05) is 7.11 Å². The van der Waals surface area contributed by atoms with E-state index in [-0.39, 0.29) is 12.0 Å². The van der Waals surface area contributed by atoms with Crippen molar-refractivity contribution in [2.45, 2.75) is 25.3 Å². The molecule has 1 atom stereocenters. The predicted molar refractivity (Wildman–Crippen MR) is 56.1 cm³/mol. The van der Waals surface area contributed by atoms with Crippen LogP contribution in [0.2, 0.25) is 0 Å². The molecule has 0 amide bonds. The van der Waals surface area contributed by atoms with Gasteiger partial charge in [-0.25, -0.2) is 0 Å². The van der Waals surface area contributed by atoms with Gasteiger partial charge in [-0.15, -0.1) is 0 Å². The molecular weight excluding hydrogens is 194 g/mol. The van der Waals surface area contributed by atoms with E-state index in [1.807, 2.05) is 13.2 Å². The van der Waals surface area contributed by atoms with Crippen molar-refractivity contribution >= 4 is 5.97 Å². The van der Waals surface area contributed by atoms with Crippen LogP contribution in [0.15, 0.2) is 12.4 Å². The highest BCUT2D eigenvalue weighted by molar-refractivity contribution is 5.69. The second-order valence-corrected chi connectivity index (χ2v) is 3.60. The molecule has 1 aromatic heterocycles. The number of carbonyl (C=O) groups excluding carboxylic acids is 1. The van der Waals surface area contributed by atoms with Crippen LogP contribution in [0.4, 0.5) is 0 Å². The number of hydrogen-bond acceptors (Lipinski definition) is 4. The topological polar surface area (TPSA) is 70.1 Å². The molecule has 1 heterocycles. The van der Waals surface area contributed by atoms with Crippen LogP contribution in [0.3, 0.4) is 0 Å². The Morgan fingerprint density at radius 2 is 2.47 bits per heavy atom. The van der Waals surface area contributed by atoms with Gasteiger partial charge in [-0.1, -0.05) is 0 Å². The lowest BCUT2D eigenvalue weighted by Gasteiger charge is -2.08. The zero-order valence-electron chi connectivity index (χ0n) is 9.14. The average Bonchev–Trinajstić information content (AvgIpc) is 2.60. The number of nitrogens with two attached hydrogens (primary N) is 1. The summed E-state index contributed by atoms with van der Waals surface area (Å²) in [5.74, 6) is -0.211. The summed E-state index contributed by atoms with van der Waals surface area (Å²) in [4.78, 5) is 10.9. The summed E-state index contributed by atoms with van der Waals surface area (Å²) in [5, 5.41) is 4.05. The van der Waals surface area contributed by atoms with Crippen LogP contribution in [-0.2, 0) is 23.0 Å². The van der Waals surface area contributed by atoms with Gasteiger partial charge < -0.3 is 10.5 Å². The lowest BCUT2D eigenvalue weighted by molar-refractivity contribution is -0.140. The molecule has 0 aliphatic heterocycles. The minimum absolute atomic E-state index is 0.0201. The quantitative estimate of drug-likeness (QED) is 0.708. The van der Waals surface area contributed by atoms with E-state index in [4.69, 9.17) is 5.73 Å². The van der Waals surface area contributed by atoms with Crippen LogP contribution in [0.25, 0.3) is 0 Å². The molecule has 1 unspecified atom stereocenters. The smallest absolute Gasteiger partial charge is 0.305 e. The van der Waals surface area contributed by atoms with Gasteiger partial charge in [-0.05, 0) is 18.4 Å². The normalized spacial score (nSPS) is 12.5. The lowest BCUT2D eigenvalue weighted by Crippen LogP contribution is -2.23. The van der Waals surface area contributed by atoms with Crippen LogP contribution < -0.4 is 5.73 Å². The Morgan fingerprint density at radius 1 is 1.73 bits per heavy atom. The Bertz CT molecular complexity index is 322. The third-order valence-electron chi connectivity index (χ3n) is 2.20. The minimum atomic E-state index is -0.211. The first-order chi connectivity index (χ1) is 7.11. The second kappa shape index (κ2) is 5.50. The molecule has 1 aromatic rings. The standard InChI is InChI=1S/C10H17N3O2/c1-13-7-8(6-12-13)5-9(11)3-4-10(14)15-2/h6-7,9H,3-5,11H2,1-2H3. The molecule has 0 aliphatic carbocycles. The van der Waals surface area contributed by atoms with Gasteiger partial charge in [0, 0.05) is 25.7 Å². The fraction of sp³-hybridized carbons (Fsp3) is 0.600. The Morgan fingerprint density at radius 3 is 3.00 bits per heavy atom. The summed E-state index contributed by atoms with van der Waals surface area (Å²) in [6.07, 6.45) is 5.47. The Balaban J connectivity index is 2.30. The summed E-state index contributed by atoms with van der Waals surface area (Å²) >= 11 is 0. The number of rotatable bonds is 5. The van der Waals surface area contributed by atoms with Crippen molar-refractivity contribution in [3.05, 3.63) is 18.0 Å². The van der Waals surface area contributed by atoms with Gasteiger partial charge in [0.25, 0.3) is 0 Å². The van der Waals surface area contributed by atoms with Crippen molar-refractivity contribution in [3.8, 4) is 0 Å². The van der Waals surface area contributed by atoms with Gasteiger partial charge in [0.05, 0.1) is 13.3 Å². The highest BCUT2D eigenvalue weighted by Gasteiger charge is 2.08. The number of aromatic nitrogens is 2. The predicted octanol–water partition coefficient (Wildman–Crippen LogP) is 0.243. The Labute approximate surface area is 89.2 Å². The summed E-state index contributed by atoms with van der Waals surface area (Å²) in [7, 11) is 3.25. The highest BCUT2D eigenvalue weighted by Crippen LogP contribution is 2.05. The molecule has 0 aliphatic rings. The highest BCUT2D eigenvalue weighted by atomic mass is 16.5. The second-order valence-electron chi connectivity index (χ2n) is 3.60.